The molecular weight excluding hydrogens is 534 g/mol. The molecule has 0 bridgehead atoms. The van der Waals surface area contributed by atoms with Crippen LogP contribution in [0.5, 0.6) is 5.75 Å². The third kappa shape index (κ3) is 7.55. The van der Waals surface area contributed by atoms with Crippen molar-refractivity contribution in [1.82, 2.24) is 10.3 Å². The molecule has 0 saturated heterocycles. The van der Waals surface area contributed by atoms with E-state index in [9.17, 15) is 18.0 Å². The van der Waals surface area contributed by atoms with Gasteiger partial charge in [-0.25, -0.2) is 18.5 Å². The van der Waals surface area contributed by atoms with Crippen molar-refractivity contribution in [2.45, 2.75) is 37.6 Å². The number of aromatic nitrogens is 1. The number of nitrogens with two attached hydrogens (primary N) is 1. The Morgan fingerprint density at radius 2 is 1.75 bits per heavy atom. The first-order chi connectivity index (χ1) is 19.1. The topological polar surface area (TPSA) is 162 Å². The van der Waals surface area contributed by atoms with Crippen LogP contribution in [0, 0.1) is 6.92 Å². The second-order valence-corrected chi connectivity index (χ2v) is 10.6. The molecule has 1 heterocycles. The van der Waals surface area contributed by atoms with Gasteiger partial charge >= 0.3 is 5.97 Å². The number of hydrogen-bond acceptors (Lipinski definition) is 7. The summed E-state index contributed by atoms with van der Waals surface area (Å²) in [7, 11) is -3.82. The average Bonchev–Trinajstić information content (AvgIpc) is 3.31. The molecule has 0 saturated carbocycles. The third-order valence-electron chi connectivity index (χ3n) is 6.16. The molecule has 0 aliphatic carbocycles. The molecule has 208 valence electrons. The van der Waals surface area contributed by atoms with Crippen molar-refractivity contribution in [1.29, 1.82) is 0 Å². The van der Waals surface area contributed by atoms with E-state index < -0.39 is 21.9 Å². The maximum Gasteiger partial charge on any atom is 0.303 e. The van der Waals surface area contributed by atoms with Crippen LogP contribution in [0.25, 0.3) is 11.5 Å². The number of aliphatic carboxylic acids is 1. The highest BCUT2D eigenvalue weighted by Gasteiger charge is 2.16. The van der Waals surface area contributed by atoms with Crippen molar-refractivity contribution in [3.05, 3.63) is 101 Å². The van der Waals surface area contributed by atoms with Crippen LogP contribution >= 0.6 is 0 Å². The molecule has 0 unspecified atom stereocenters. The number of oxazole rings is 1. The van der Waals surface area contributed by atoms with E-state index >= 15 is 0 Å². The lowest BCUT2D eigenvalue weighted by atomic mass is 10.0. The molecule has 10 nitrogen and oxygen atoms in total. The van der Waals surface area contributed by atoms with Gasteiger partial charge in [-0.1, -0.05) is 36.4 Å². The minimum absolute atomic E-state index is 0.0273. The number of nitrogens with zero attached hydrogens (tertiary/aromatic N) is 1. The fourth-order valence-corrected chi connectivity index (χ4v) is 4.54. The zero-order chi connectivity index (χ0) is 28.7. The molecule has 0 fully saturated rings. The van der Waals surface area contributed by atoms with Crippen LogP contribution < -0.4 is 15.2 Å². The maximum absolute atomic E-state index is 13.1. The Morgan fingerprint density at radius 3 is 2.42 bits per heavy atom. The third-order valence-corrected chi connectivity index (χ3v) is 7.09. The highest BCUT2D eigenvalue weighted by atomic mass is 32.2. The summed E-state index contributed by atoms with van der Waals surface area (Å²) < 4.78 is 34.6. The summed E-state index contributed by atoms with van der Waals surface area (Å²) in [6.07, 6.45) is 0.519. The van der Waals surface area contributed by atoms with Crippen molar-refractivity contribution in [3.8, 4) is 17.2 Å². The minimum atomic E-state index is -3.82. The lowest BCUT2D eigenvalue weighted by molar-refractivity contribution is -0.136. The van der Waals surface area contributed by atoms with Gasteiger partial charge in [0, 0.05) is 30.5 Å². The Morgan fingerprint density at radius 1 is 1.02 bits per heavy atom. The molecule has 0 atom stereocenters. The first kappa shape index (κ1) is 28.5. The molecule has 0 radical (unpaired) electrons. The molecule has 1 amide bonds. The average molecular weight is 564 g/mol. The van der Waals surface area contributed by atoms with Gasteiger partial charge in [-0.05, 0) is 60.9 Å². The van der Waals surface area contributed by atoms with Gasteiger partial charge < -0.3 is 19.6 Å². The fourth-order valence-electron chi connectivity index (χ4n) is 4.02. The van der Waals surface area contributed by atoms with E-state index in [1.54, 1.807) is 30.3 Å². The molecule has 3 aromatic carbocycles. The van der Waals surface area contributed by atoms with Crippen LogP contribution in [0.2, 0.25) is 0 Å². The fraction of sp³-hybridized carbons (Fsp3) is 0.207. The van der Waals surface area contributed by atoms with Crippen LogP contribution in [0.4, 0.5) is 0 Å². The summed E-state index contributed by atoms with van der Waals surface area (Å²) in [5.74, 6) is 0.296. The zero-order valence-corrected chi connectivity index (χ0v) is 22.6. The summed E-state index contributed by atoms with van der Waals surface area (Å²) >= 11 is 0. The van der Waals surface area contributed by atoms with Crippen molar-refractivity contribution < 1.29 is 32.3 Å². The number of sulfonamides is 1. The molecule has 40 heavy (non-hydrogen) atoms. The second-order valence-electron chi connectivity index (χ2n) is 9.07. The van der Waals surface area contributed by atoms with E-state index in [-0.39, 0.29) is 30.9 Å². The summed E-state index contributed by atoms with van der Waals surface area (Å²) in [4.78, 5) is 28.8. The normalized spacial score (nSPS) is 11.2. The lowest BCUT2D eigenvalue weighted by Crippen LogP contribution is -2.24. The summed E-state index contributed by atoms with van der Waals surface area (Å²) in [6.45, 7) is 2.26. The van der Waals surface area contributed by atoms with Gasteiger partial charge in [0.15, 0.2) is 0 Å². The number of aryl methyl sites for hydroxylation is 2. The Hall–Kier alpha value is -4.48. The summed E-state index contributed by atoms with van der Waals surface area (Å²) in [6, 6.07) is 20.4. The number of carboxylic acids is 1. The van der Waals surface area contributed by atoms with Gasteiger partial charge in [0.2, 0.25) is 15.9 Å². The number of nitrogens with one attached hydrogen (secondary N) is 1. The number of amides is 1. The largest absolute Gasteiger partial charge is 0.493 e. The molecule has 0 aliphatic rings. The standard InChI is InChI=1S/C29H29N3O7S/c1-19-26(32-29(39-19)22-5-3-2-4-6-22)15-16-38-23-11-9-21(10-14-27(33)34)25(17-23)28(35)31-18-20-7-12-24(13-8-20)40(30,36)37/h2-9,11-13,17H,10,14-16,18H2,1H3,(H,31,35)(H,33,34)(H2,30,36,37). The van der Waals surface area contributed by atoms with Crippen LogP contribution in [0.15, 0.2) is 82.1 Å². The second kappa shape index (κ2) is 12.6. The molecule has 1 aromatic heterocycles. The number of hydrogen-bond donors (Lipinski definition) is 3. The van der Waals surface area contributed by atoms with Gasteiger partial charge in [-0.15, -0.1) is 0 Å². The smallest absolute Gasteiger partial charge is 0.303 e. The van der Waals surface area contributed by atoms with E-state index in [1.807, 2.05) is 37.3 Å². The highest BCUT2D eigenvalue weighted by molar-refractivity contribution is 7.89. The van der Waals surface area contributed by atoms with Gasteiger partial charge in [-0.2, -0.15) is 0 Å². The number of carbonyl (C=O) groups excluding carboxylic acids is 1. The van der Waals surface area contributed by atoms with Gasteiger partial charge in [0.25, 0.3) is 5.91 Å². The van der Waals surface area contributed by atoms with Crippen molar-refractivity contribution in [2.24, 2.45) is 5.14 Å². The first-order valence-corrected chi connectivity index (χ1v) is 14.0. The zero-order valence-electron chi connectivity index (χ0n) is 21.8. The van der Waals surface area contributed by atoms with Crippen LogP contribution in [0.1, 0.15) is 39.4 Å². The van der Waals surface area contributed by atoms with E-state index in [0.717, 1.165) is 11.3 Å². The maximum atomic E-state index is 13.1. The van der Waals surface area contributed by atoms with E-state index in [1.165, 1.54) is 12.1 Å². The number of rotatable bonds is 12. The Bertz CT molecular complexity index is 1600. The highest BCUT2D eigenvalue weighted by Crippen LogP contribution is 2.23. The molecule has 4 aromatic rings. The first-order valence-electron chi connectivity index (χ1n) is 12.5. The molecule has 4 rings (SSSR count). The molecular formula is C29H29N3O7S. The van der Waals surface area contributed by atoms with E-state index in [0.29, 0.717) is 40.5 Å². The van der Waals surface area contributed by atoms with Gasteiger partial charge in [-0.3, -0.25) is 9.59 Å². The van der Waals surface area contributed by atoms with Crippen LogP contribution in [0.3, 0.4) is 0 Å². The van der Waals surface area contributed by atoms with Crippen LogP contribution in [-0.4, -0.2) is 37.0 Å². The van der Waals surface area contributed by atoms with Crippen molar-refractivity contribution in [3.63, 3.8) is 0 Å². The Labute approximate surface area is 231 Å². The number of primary sulfonamides is 1. The number of carboxylic acid groups (broad SMARTS) is 1. The quantitative estimate of drug-likeness (QED) is 0.234. The van der Waals surface area contributed by atoms with Crippen LogP contribution in [-0.2, 0) is 34.2 Å². The predicted octanol–water partition coefficient (Wildman–Crippen LogP) is 3.87. The molecule has 4 N–H and O–H groups in total. The van der Waals surface area contributed by atoms with E-state index in [2.05, 4.69) is 10.3 Å². The minimum Gasteiger partial charge on any atom is -0.493 e. The van der Waals surface area contributed by atoms with Crippen molar-refractivity contribution in [2.75, 3.05) is 6.61 Å². The Kier molecular flexibility index (Phi) is 8.97. The molecule has 0 spiro atoms. The summed E-state index contributed by atoms with van der Waals surface area (Å²) in [5.41, 5.74) is 3.17. The van der Waals surface area contributed by atoms with E-state index in [4.69, 9.17) is 19.4 Å². The van der Waals surface area contributed by atoms with Gasteiger partial charge in [0.05, 0.1) is 17.2 Å². The SMILES string of the molecule is Cc1oc(-c2ccccc2)nc1CCOc1ccc(CCC(=O)O)c(C(=O)NCc2ccc(S(N)(=O)=O)cc2)c1. The molecule has 11 heteroatoms. The lowest BCUT2D eigenvalue weighted by Gasteiger charge is -2.13. The predicted molar refractivity (Wildman–Crippen MR) is 147 cm³/mol. The number of ether oxygens (including phenoxy) is 1. The number of carbonyl (C=O) groups is 2. The molecule has 0 aliphatic heterocycles. The Balaban J connectivity index is 1.43. The summed E-state index contributed by atoms with van der Waals surface area (Å²) in [5, 5.41) is 17.0. The van der Waals surface area contributed by atoms with Gasteiger partial charge in [0.1, 0.15) is 11.5 Å². The van der Waals surface area contributed by atoms with Crippen molar-refractivity contribution >= 4 is 21.9 Å². The number of benzene rings is 3. The monoisotopic (exact) mass is 563 g/mol.